The van der Waals surface area contributed by atoms with Gasteiger partial charge in [0.15, 0.2) is 6.61 Å². The summed E-state index contributed by atoms with van der Waals surface area (Å²) < 4.78 is 15.6. The van der Waals surface area contributed by atoms with E-state index in [2.05, 4.69) is 11.4 Å². The highest BCUT2D eigenvalue weighted by Gasteiger charge is 2.07. The van der Waals surface area contributed by atoms with Crippen LogP contribution in [0.2, 0.25) is 0 Å². The number of methoxy groups -OCH3 is 2. The number of amides is 1. The molecule has 0 aliphatic rings. The lowest BCUT2D eigenvalue weighted by Crippen LogP contribution is -2.20. The van der Waals surface area contributed by atoms with Gasteiger partial charge in [-0.25, -0.2) is 0 Å². The molecule has 5 nitrogen and oxygen atoms in total. The highest BCUT2D eigenvalue weighted by atomic mass is 16.5. The lowest BCUT2D eigenvalue weighted by atomic mass is 10.2. The first kappa shape index (κ1) is 14.7. The molecule has 0 fully saturated rings. The molecule has 0 atom stereocenters. The predicted molar refractivity (Wildman–Crippen MR) is 78.9 cm³/mol. The third-order valence-electron chi connectivity index (χ3n) is 2.68. The average molecular weight is 286 g/mol. The van der Waals surface area contributed by atoms with Crippen LogP contribution >= 0.6 is 0 Å². The molecule has 0 aliphatic carbocycles. The number of carbonyl (C=O) groups excluding carboxylic acids is 1. The van der Waals surface area contributed by atoms with Gasteiger partial charge in [-0.15, -0.1) is 0 Å². The van der Waals surface area contributed by atoms with Crippen molar-refractivity contribution in [3.8, 4) is 17.2 Å². The molecule has 0 unspecified atom stereocenters. The Hall–Kier alpha value is -2.69. The molecule has 0 bridgehead atoms. The average Bonchev–Trinajstić information content (AvgIpc) is 2.53. The second-order valence-corrected chi connectivity index (χ2v) is 4.18. The first-order chi connectivity index (χ1) is 10.2. The minimum atomic E-state index is -0.269. The molecule has 0 heterocycles. The molecule has 1 N–H and O–H groups in total. The summed E-state index contributed by atoms with van der Waals surface area (Å²) in [6.45, 7) is -0.0859. The maximum atomic E-state index is 11.9. The standard InChI is InChI=1S/C16H16NO4/c1-19-14-8-12(9-15(10-14)20-2)17-16(18)11-21-13-6-4-3-5-7-13/h3-4,6-10H,11H2,1-2H3,(H,17,18). The fourth-order valence-electron chi connectivity index (χ4n) is 1.69. The molecule has 5 heteroatoms. The molecule has 0 aromatic heterocycles. The molecule has 0 aliphatic heterocycles. The van der Waals surface area contributed by atoms with Crippen LogP contribution in [0.5, 0.6) is 17.2 Å². The number of rotatable bonds is 6. The van der Waals surface area contributed by atoms with Crippen LogP contribution in [0.4, 0.5) is 5.69 Å². The van der Waals surface area contributed by atoms with Crippen LogP contribution in [0.15, 0.2) is 42.5 Å². The molecule has 1 radical (unpaired) electrons. The number of carbonyl (C=O) groups is 1. The normalized spacial score (nSPS) is 9.81. The summed E-state index contributed by atoms with van der Waals surface area (Å²) in [7, 11) is 3.10. The number of ether oxygens (including phenoxy) is 3. The molecular weight excluding hydrogens is 270 g/mol. The Balaban J connectivity index is 1.96. The maximum absolute atomic E-state index is 11.9. The molecule has 2 aromatic carbocycles. The molecule has 1 amide bonds. The van der Waals surface area contributed by atoms with Crippen molar-refractivity contribution in [3.05, 3.63) is 48.5 Å². The van der Waals surface area contributed by atoms with Crippen LogP contribution < -0.4 is 19.5 Å². The molecule has 0 saturated carbocycles. The second-order valence-electron chi connectivity index (χ2n) is 4.18. The molecular formula is C16H16NO4. The monoisotopic (exact) mass is 286 g/mol. The number of benzene rings is 2. The SMILES string of the molecule is COc1cc(NC(=O)COc2c[c]ccc2)cc(OC)c1. The third-order valence-corrected chi connectivity index (χ3v) is 2.68. The van der Waals surface area contributed by atoms with E-state index in [1.165, 1.54) is 0 Å². The van der Waals surface area contributed by atoms with Crippen molar-refractivity contribution in [1.29, 1.82) is 0 Å². The van der Waals surface area contributed by atoms with Crippen molar-refractivity contribution >= 4 is 11.6 Å². The molecule has 2 aromatic rings. The van der Waals surface area contributed by atoms with Gasteiger partial charge in [0, 0.05) is 23.9 Å². The number of anilines is 1. The van der Waals surface area contributed by atoms with Crippen molar-refractivity contribution in [2.24, 2.45) is 0 Å². The van der Waals surface area contributed by atoms with E-state index in [1.54, 1.807) is 56.7 Å². The van der Waals surface area contributed by atoms with Crippen LogP contribution in [0.3, 0.4) is 0 Å². The Kier molecular flexibility index (Phi) is 5.04. The fraction of sp³-hybridized carbons (Fsp3) is 0.188. The van der Waals surface area contributed by atoms with E-state index in [9.17, 15) is 4.79 Å². The van der Waals surface area contributed by atoms with Gasteiger partial charge in [-0.2, -0.15) is 0 Å². The quantitative estimate of drug-likeness (QED) is 0.886. The van der Waals surface area contributed by atoms with E-state index in [0.29, 0.717) is 22.9 Å². The van der Waals surface area contributed by atoms with Gasteiger partial charge in [-0.05, 0) is 18.2 Å². The van der Waals surface area contributed by atoms with Gasteiger partial charge >= 0.3 is 0 Å². The van der Waals surface area contributed by atoms with Gasteiger partial charge in [-0.1, -0.05) is 12.1 Å². The minimum Gasteiger partial charge on any atom is -0.497 e. The zero-order chi connectivity index (χ0) is 15.1. The maximum Gasteiger partial charge on any atom is 0.262 e. The number of hydrogen-bond donors (Lipinski definition) is 1. The van der Waals surface area contributed by atoms with E-state index < -0.39 is 0 Å². The number of nitrogens with one attached hydrogen (secondary N) is 1. The van der Waals surface area contributed by atoms with Crippen LogP contribution in [0, 0.1) is 6.07 Å². The topological polar surface area (TPSA) is 56.8 Å². The van der Waals surface area contributed by atoms with Crippen LogP contribution in [-0.2, 0) is 4.79 Å². The van der Waals surface area contributed by atoms with E-state index in [4.69, 9.17) is 14.2 Å². The van der Waals surface area contributed by atoms with E-state index in [1.807, 2.05) is 0 Å². The van der Waals surface area contributed by atoms with E-state index in [0.717, 1.165) is 0 Å². The Morgan fingerprint density at radius 3 is 2.43 bits per heavy atom. The van der Waals surface area contributed by atoms with Gasteiger partial charge in [-0.3, -0.25) is 4.79 Å². The van der Waals surface area contributed by atoms with E-state index >= 15 is 0 Å². The van der Waals surface area contributed by atoms with Crippen LogP contribution in [0.25, 0.3) is 0 Å². The van der Waals surface area contributed by atoms with Crippen LogP contribution in [0.1, 0.15) is 0 Å². The lowest BCUT2D eigenvalue weighted by Gasteiger charge is -2.10. The minimum absolute atomic E-state index is 0.0859. The van der Waals surface area contributed by atoms with Crippen molar-refractivity contribution in [2.75, 3.05) is 26.1 Å². The lowest BCUT2D eigenvalue weighted by molar-refractivity contribution is -0.118. The summed E-state index contributed by atoms with van der Waals surface area (Å²) in [6, 6.07) is 15.0. The molecule has 21 heavy (non-hydrogen) atoms. The van der Waals surface area contributed by atoms with Crippen molar-refractivity contribution < 1.29 is 19.0 Å². The summed E-state index contributed by atoms with van der Waals surface area (Å²) >= 11 is 0. The largest absolute Gasteiger partial charge is 0.497 e. The highest BCUT2D eigenvalue weighted by Crippen LogP contribution is 2.25. The number of hydrogen-bond acceptors (Lipinski definition) is 4. The van der Waals surface area contributed by atoms with Gasteiger partial charge < -0.3 is 19.5 Å². The Bertz CT molecular complexity index is 576. The van der Waals surface area contributed by atoms with E-state index in [-0.39, 0.29) is 12.5 Å². The molecule has 109 valence electrons. The smallest absolute Gasteiger partial charge is 0.262 e. The van der Waals surface area contributed by atoms with Crippen molar-refractivity contribution in [1.82, 2.24) is 0 Å². The summed E-state index contributed by atoms with van der Waals surface area (Å²) in [5, 5.41) is 2.73. The molecule has 0 spiro atoms. The van der Waals surface area contributed by atoms with Gasteiger partial charge in [0.2, 0.25) is 0 Å². The van der Waals surface area contributed by atoms with Crippen molar-refractivity contribution in [3.63, 3.8) is 0 Å². The molecule has 0 saturated heterocycles. The zero-order valence-corrected chi connectivity index (χ0v) is 11.9. The van der Waals surface area contributed by atoms with Crippen molar-refractivity contribution in [2.45, 2.75) is 0 Å². The van der Waals surface area contributed by atoms with Gasteiger partial charge in [0.25, 0.3) is 5.91 Å². The Morgan fingerprint density at radius 1 is 1.14 bits per heavy atom. The van der Waals surface area contributed by atoms with Crippen LogP contribution in [-0.4, -0.2) is 26.7 Å². The summed E-state index contributed by atoms with van der Waals surface area (Å²) in [6.07, 6.45) is 0. The fourth-order valence-corrected chi connectivity index (χ4v) is 1.69. The van der Waals surface area contributed by atoms with Gasteiger partial charge in [0.1, 0.15) is 17.2 Å². The molecule has 2 rings (SSSR count). The Labute approximate surface area is 123 Å². The van der Waals surface area contributed by atoms with Gasteiger partial charge in [0.05, 0.1) is 14.2 Å². The summed E-state index contributed by atoms with van der Waals surface area (Å²) in [5.74, 6) is 1.52. The Morgan fingerprint density at radius 2 is 1.86 bits per heavy atom. The third kappa shape index (κ3) is 4.42. The predicted octanol–water partition coefficient (Wildman–Crippen LogP) is 2.52. The summed E-state index contributed by atoms with van der Waals surface area (Å²) in [5.41, 5.74) is 0.583. The zero-order valence-electron chi connectivity index (χ0n) is 11.9. The second kappa shape index (κ2) is 7.19. The summed E-state index contributed by atoms with van der Waals surface area (Å²) in [4.78, 5) is 11.9. The first-order valence-electron chi connectivity index (χ1n) is 6.33. The highest BCUT2D eigenvalue weighted by molar-refractivity contribution is 5.92. The first-order valence-corrected chi connectivity index (χ1v) is 6.33.